The predicted octanol–water partition coefficient (Wildman–Crippen LogP) is 1.26. The molecule has 2 heterocycles. The molecule has 1 fully saturated rings. The molecule has 1 aromatic heterocycles. The molecule has 1 N–H and O–H groups in total. The zero-order valence-electron chi connectivity index (χ0n) is 10.1. The van der Waals surface area contributed by atoms with Crippen LogP contribution in [0.4, 0.5) is 0 Å². The van der Waals surface area contributed by atoms with Gasteiger partial charge in [0.25, 0.3) is 5.91 Å². The highest BCUT2D eigenvalue weighted by Crippen LogP contribution is 2.26. The number of carbonyl (C=O) groups excluding carboxylic acids is 1. The van der Waals surface area contributed by atoms with Crippen molar-refractivity contribution in [1.82, 2.24) is 9.47 Å². The van der Waals surface area contributed by atoms with Gasteiger partial charge < -0.3 is 19.3 Å². The first-order valence-electron chi connectivity index (χ1n) is 5.55. The number of hydrogen-bond donors (Lipinski definition) is 1. The molecular weight excluding hydrogens is 295 g/mol. The van der Waals surface area contributed by atoms with Crippen molar-refractivity contribution >= 4 is 35.1 Å². The number of rotatable bonds is 2. The highest BCUT2D eigenvalue weighted by atomic mass is 35.5. The van der Waals surface area contributed by atoms with E-state index in [-0.39, 0.29) is 29.0 Å². The van der Waals surface area contributed by atoms with Crippen LogP contribution in [-0.4, -0.2) is 52.3 Å². The van der Waals surface area contributed by atoms with E-state index in [1.165, 1.54) is 15.5 Å². The third-order valence-electron chi connectivity index (χ3n) is 3.01. The fourth-order valence-electron chi connectivity index (χ4n) is 1.95. The van der Waals surface area contributed by atoms with E-state index in [4.69, 9.17) is 33.0 Å². The summed E-state index contributed by atoms with van der Waals surface area (Å²) in [6.45, 7) is 0.505. The lowest BCUT2D eigenvalue weighted by Crippen LogP contribution is -2.52. The molecular formula is C11H12Cl2N2O4. The molecule has 0 radical (unpaired) electrons. The number of amides is 1. The molecule has 104 valence electrons. The van der Waals surface area contributed by atoms with Gasteiger partial charge in [-0.25, -0.2) is 4.79 Å². The SMILES string of the molecule is Cn1c(C(=O)N2CCOC[C@@H]2C(=O)O)cc(Cl)c1Cl. The first-order valence-corrected chi connectivity index (χ1v) is 6.31. The van der Waals surface area contributed by atoms with E-state index >= 15 is 0 Å². The summed E-state index contributed by atoms with van der Waals surface area (Å²) in [5.74, 6) is -1.52. The van der Waals surface area contributed by atoms with Crippen molar-refractivity contribution in [3.05, 3.63) is 21.9 Å². The van der Waals surface area contributed by atoms with Gasteiger partial charge in [0.15, 0.2) is 6.04 Å². The summed E-state index contributed by atoms with van der Waals surface area (Å²) in [5.41, 5.74) is 0.253. The second-order valence-corrected chi connectivity index (χ2v) is 4.92. The zero-order chi connectivity index (χ0) is 14.2. The van der Waals surface area contributed by atoms with Crippen LogP contribution in [-0.2, 0) is 16.6 Å². The van der Waals surface area contributed by atoms with E-state index in [0.717, 1.165) is 0 Å². The van der Waals surface area contributed by atoms with Crippen molar-refractivity contribution in [2.75, 3.05) is 19.8 Å². The summed E-state index contributed by atoms with van der Waals surface area (Å²) >= 11 is 11.8. The smallest absolute Gasteiger partial charge is 0.328 e. The molecule has 1 aliphatic rings. The number of hydrogen-bond acceptors (Lipinski definition) is 3. The maximum atomic E-state index is 12.4. The van der Waals surface area contributed by atoms with Gasteiger partial charge >= 0.3 is 5.97 Å². The Hall–Kier alpha value is -1.24. The maximum absolute atomic E-state index is 12.4. The number of carboxylic acids is 1. The highest BCUT2D eigenvalue weighted by Gasteiger charge is 2.34. The number of ether oxygens (including phenoxy) is 1. The summed E-state index contributed by atoms with van der Waals surface area (Å²) in [5, 5.41) is 9.60. The molecule has 0 bridgehead atoms. The monoisotopic (exact) mass is 306 g/mol. The van der Waals surface area contributed by atoms with Gasteiger partial charge in [-0.3, -0.25) is 4.79 Å². The Morgan fingerprint density at radius 2 is 2.16 bits per heavy atom. The van der Waals surface area contributed by atoms with E-state index in [1.54, 1.807) is 7.05 Å². The Morgan fingerprint density at radius 1 is 1.47 bits per heavy atom. The molecule has 19 heavy (non-hydrogen) atoms. The normalized spacial score (nSPS) is 19.5. The Labute approximate surface area is 119 Å². The fourth-order valence-corrected chi connectivity index (χ4v) is 2.32. The molecule has 0 saturated carbocycles. The van der Waals surface area contributed by atoms with E-state index in [9.17, 15) is 9.59 Å². The van der Waals surface area contributed by atoms with Gasteiger partial charge in [-0.05, 0) is 6.07 Å². The Bertz CT molecular complexity index is 529. The molecule has 8 heteroatoms. The van der Waals surface area contributed by atoms with Crippen molar-refractivity contribution in [2.24, 2.45) is 7.05 Å². The topological polar surface area (TPSA) is 71.8 Å². The Kier molecular flexibility index (Phi) is 4.03. The first kappa shape index (κ1) is 14.2. The van der Waals surface area contributed by atoms with Gasteiger partial charge in [-0.1, -0.05) is 23.2 Å². The van der Waals surface area contributed by atoms with Crippen LogP contribution < -0.4 is 0 Å². The minimum absolute atomic E-state index is 0.0209. The average Bonchev–Trinajstić information content (AvgIpc) is 2.65. The molecule has 0 spiro atoms. The molecule has 0 aliphatic carbocycles. The Morgan fingerprint density at radius 3 is 2.68 bits per heavy atom. The van der Waals surface area contributed by atoms with Gasteiger partial charge in [0, 0.05) is 13.6 Å². The van der Waals surface area contributed by atoms with Crippen LogP contribution in [0, 0.1) is 0 Å². The number of aromatic nitrogens is 1. The van der Waals surface area contributed by atoms with Crippen LogP contribution in [0.3, 0.4) is 0 Å². The summed E-state index contributed by atoms with van der Waals surface area (Å²) in [4.78, 5) is 24.8. The zero-order valence-corrected chi connectivity index (χ0v) is 11.6. The Balaban J connectivity index is 2.31. The third-order valence-corrected chi connectivity index (χ3v) is 3.85. The third kappa shape index (κ3) is 2.56. The number of aliphatic carboxylic acids is 1. The second kappa shape index (κ2) is 5.40. The molecule has 1 saturated heterocycles. The maximum Gasteiger partial charge on any atom is 0.328 e. The first-order chi connectivity index (χ1) is 8.93. The lowest BCUT2D eigenvalue weighted by molar-refractivity contribution is -0.147. The van der Waals surface area contributed by atoms with Crippen molar-refractivity contribution in [2.45, 2.75) is 6.04 Å². The van der Waals surface area contributed by atoms with Crippen LogP contribution in [0.1, 0.15) is 10.5 Å². The lowest BCUT2D eigenvalue weighted by atomic mass is 10.2. The lowest BCUT2D eigenvalue weighted by Gasteiger charge is -2.32. The van der Waals surface area contributed by atoms with Crippen molar-refractivity contribution < 1.29 is 19.4 Å². The van der Waals surface area contributed by atoms with Gasteiger partial charge in [0.2, 0.25) is 0 Å². The molecule has 0 aromatic carbocycles. The fraction of sp³-hybridized carbons (Fsp3) is 0.455. The van der Waals surface area contributed by atoms with Crippen molar-refractivity contribution in [3.8, 4) is 0 Å². The quantitative estimate of drug-likeness (QED) is 0.893. The largest absolute Gasteiger partial charge is 0.480 e. The van der Waals surface area contributed by atoms with Crippen LogP contribution in [0.2, 0.25) is 10.2 Å². The van der Waals surface area contributed by atoms with Crippen LogP contribution >= 0.6 is 23.2 Å². The molecule has 1 aromatic rings. The van der Waals surface area contributed by atoms with E-state index in [1.807, 2.05) is 0 Å². The van der Waals surface area contributed by atoms with Crippen LogP contribution in [0.25, 0.3) is 0 Å². The summed E-state index contributed by atoms with van der Waals surface area (Å²) in [6.07, 6.45) is 0. The summed E-state index contributed by atoms with van der Waals surface area (Å²) < 4.78 is 6.52. The molecule has 1 aliphatic heterocycles. The number of carbonyl (C=O) groups is 2. The molecule has 1 amide bonds. The molecule has 0 unspecified atom stereocenters. The number of carboxylic acid groups (broad SMARTS) is 1. The predicted molar refractivity (Wildman–Crippen MR) is 68.7 cm³/mol. The second-order valence-electron chi connectivity index (χ2n) is 4.15. The summed E-state index contributed by atoms with van der Waals surface area (Å²) in [7, 11) is 1.59. The van der Waals surface area contributed by atoms with Crippen molar-refractivity contribution in [3.63, 3.8) is 0 Å². The van der Waals surface area contributed by atoms with Gasteiger partial charge in [-0.15, -0.1) is 0 Å². The van der Waals surface area contributed by atoms with Gasteiger partial charge in [0.05, 0.1) is 18.2 Å². The van der Waals surface area contributed by atoms with E-state index < -0.39 is 17.9 Å². The van der Waals surface area contributed by atoms with E-state index in [2.05, 4.69) is 0 Å². The number of halogens is 2. The average molecular weight is 307 g/mol. The summed E-state index contributed by atoms with van der Waals surface area (Å²) in [6, 6.07) is 0.439. The number of morpholine rings is 1. The minimum Gasteiger partial charge on any atom is -0.480 e. The van der Waals surface area contributed by atoms with E-state index in [0.29, 0.717) is 6.61 Å². The molecule has 6 nitrogen and oxygen atoms in total. The molecule has 2 rings (SSSR count). The minimum atomic E-state index is -1.10. The van der Waals surface area contributed by atoms with Gasteiger partial charge in [0.1, 0.15) is 10.8 Å². The van der Waals surface area contributed by atoms with Crippen LogP contribution in [0.5, 0.6) is 0 Å². The van der Waals surface area contributed by atoms with Crippen LogP contribution in [0.15, 0.2) is 6.07 Å². The van der Waals surface area contributed by atoms with Gasteiger partial charge in [-0.2, -0.15) is 0 Å². The number of nitrogens with zero attached hydrogens (tertiary/aromatic N) is 2. The van der Waals surface area contributed by atoms with Crippen molar-refractivity contribution in [1.29, 1.82) is 0 Å². The highest BCUT2D eigenvalue weighted by molar-refractivity contribution is 6.41. The standard InChI is InChI=1S/C11H12Cl2N2O4/c1-14-7(4-6(12)9(14)13)10(16)15-2-3-19-5-8(15)11(17)18/h4,8H,2-3,5H2,1H3,(H,17,18)/t8-/m1/s1. The molecule has 1 atom stereocenters.